The van der Waals surface area contributed by atoms with E-state index in [0.29, 0.717) is 5.56 Å². The Hall–Kier alpha value is -3.00. The number of nitrogens with one attached hydrogen (secondary N) is 2. The minimum absolute atomic E-state index is 0.00453. The zero-order chi connectivity index (χ0) is 30.6. The zero-order valence-corrected chi connectivity index (χ0v) is 22.6. The average molecular weight is 610 g/mol. The molecule has 7 nitrogen and oxygen atoms in total. The smallest absolute Gasteiger partial charge is 0.349 e. The first kappa shape index (κ1) is 30.5. The molecule has 42 heavy (non-hydrogen) atoms. The summed E-state index contributed by atoms with van der Waals surface area (Å²) in [5.74, 6) is -9.72. The Labute approximate surface area is 235 Å². The maximum Gasteiger partial charge on any atom is 0.392 e. The molecule has 0 aliphatic heterocycles. The van der Waals surface area contributed by atoms with Crippen LogP contribution in [0, 0.1) is 29.6 Å². The highest BCUT2D eigenvalue weighted by molar-refractivity contribution is 5.82. The molecule has 3 saturated carbocycles. The fourth-order valence-corrected chi connectivity index (χ4v) is 5.69. The summed E-state index contributed by atoms with van der Waals surface area (Å²) in [4.78, 5) is 29.7. The Balaban J connectivity index is 1.36. The predicted octanol–water partition coefficient (Wildman–Crippen LogP) is 6.07. The van der Waals surface area contributed by atoms with E-state index < -0.39 is 85.1 Å². The number of halogens is 8. The maximum absolute atomic E-state index is 13.9. The number of hydrogen-bond donors (Lipinski definition) is 2. The van der Waals surface area contributed by atoms with Crippen molar-refractivity contribution < 1.29 is 44.7 Å². The van der Waals surface area contributed by atoms with Gasteiger partial charge in [0.2, 0.25) is 17.7 Å². The quantitative estimate of drug-likeness (QED) is 0.338. The summed E-state index contributed by atoms with van der Waals surface area (Å²) in [6.45, 7) is 0.931. The van der Waals surface area contributed by atoms with Crippen molar-refractivity contribution in [1.82, 2.24) is 25.2 Å². The van der Waals surface area contributed by atoms with Crippen molar-refractivity contribution in [3.63, 3.8) is 0 Å². The van der Waals surface area contributed by atoms with Crippen LogP contribution in [-0.4, -0.2) is 44.7 Å². The van der Waals surface area contributed by atoms with Crippen LogP contribution < -0.4 is 10.6 Å². The van der Waals surface area contributed by atoms with E-state index >= 15 is 0 Å². The summed E-state index contributed by atoms with van der Waals surface area (Å²) < 4.78 is 107. The van der Waals surface area contributed by atoms with Gasteiger partial charge in [-0.2, -0.15) is 31.4 Å². The molecule has 3 fully saturated rings. The van der Waals surface area contributed by atoms with Crippen molar-refractivity contribution in [2.45, 2.75) is 88.6 Å². The molecule has 232 valence electrons. The van der Waals surface area contributed by atoms with Crippen molar-refractivity contribution in [3.8, 4) is 0 Å². The summed E-state index contributed by atoms with van der Waals surface area (Å²) >= 11 is 0. The highest BCUT2D eigenvalue weighted by atomic mass is 19.4. The van der Waals surface area contributed by atoms with Crippen LogP contribution >= 0.6 is 0 Å². The molecule has 5 atom stereocenters. The number of hydrogen-bond acceptors (Lipinski definition) is 4. The number of aromatic nitrogens is 3. The van der Waals surface area contributed by atoms with Crippen LogP contribution in [0.2, 0.25) is 0 Å². The number of carbonyl (C=O) groups excluding carboxylic acids is 2. The normalized spacial score (nSPS) is 25.1. The molecule has 3 aliphatic carbocycles. The number of nitrogens with zero attached hydrogens (tertiary/aromatic N) is 3. The van der Waals surface area contributed by atoms with E-state index in [1.165, 1.54) is 16.9 Å². The molecule has 2 N–H and O–H groups in total. The van der Waals surface area contributed by atoms with Gasteiger partial charge in [-0.25, -0.2) is 18.3 Å². The van der Waals surface area contributed by atoms with Gasteiger partial charge in [-0.15, -0.1) is 0 Å². The zero-order valence-electron chi connectivity index (χ0n) is 22.6. The fourth-order valence-electron chi connectivity index (χ4n) is 5.69. The van der Waals surface area contributed by atoms with E-state index in [0.717, 1.165) is 19.8 Å². The average Bonchev–Trinajstić information content (AvgIpc) is 3.80. The Bertz CT molecular complexity index is 1310. The molecule has 3 aliphatic rings. The fraction of sp³-hybridized carbons (Fsp3) is 0.704. The summed E-state index contributed by atoms with van der Waals surface area (Å²) in [5, 5.41) is 9.62. The first-order valence-electron chi connectivity index (χ1n) is 14.0. The van der Waals surface area contributed by atoms with Crippen LogP contribution in [0.25, 0.3) is 5.65 Å². The molecule has 2 heterocycles. The van der Waals surface area contributed by atoms with Gasteiger partial charge in [0.25, 0.3) is 0 Å². The van der Waals surface area contributed by atoms with E-state index in [9.17, 15) is 44.7 Å². The van der Waals surface area contributed by atoms with Gasteiger partial charge in [-0.1, -0.05) is 6.92 Å². The van der Waals surface area contributed by atoms with Crippen LogP contribution in [0.4, 0.5) is 35.1 Å². The van der Waals surface area contributed by atoms with E-state index in [1.807, 2.05) is 0 Å². The van der Waals surface area contributed by atoms with Crippen molar-refractivity contribution in [3.05, 3.63) is 29.7 Å². The number of amides is 2. The number of carbonyl (C=O) groups is 2. The Kier molecular flexibility index (Phi) is 7.92. The Morgan fingerprint density at radius 1 is 1.02 bits per heavy atom. The van der Waals surface area contributed by atoms with E-state index in [-0.39, 0.29) is 36.5 Å². The topological polar surface area (TPSA) is 88.4 Å². The number of fused-ring (bicyclic) bond motifs is 1. The highest BCUT2D eigenvalue weighted by Crippen LogP contribution is 2.51. The molecule has 0 saturated heterocycles. The summed E-state index contributed by atoms with van der Waals surface area (Å²) in [5.41, 5.74) is 1.03. The Morgan fingerprint density at radius 3 is 2.24 bits per heavy atom. The molecule has 5 rings (SSSR count). The minimum Gasteiger partial charge on any atom is -0.349 e. The molecule has 0 radical (unpaired) electrons. The monoisotopic (exact) mass is 609 g/mol. The first-order valence-corrected chi connectivity index (χ1v) is 14.0. The van der Waals surface area contributed by atoms with Crippen molar-refractivity contribution in [2.75, 3.05) is 0 Å². The second kappa shape index (κ2) is 10.9. The van der Waals surface area contributed by atoms with Gasteiger partial charge in [0.1, 0.15) is 0 Å². The third-order valence-electron chi connectivity index (χ3n) is 8.58. The van der Waals surface area contributed by atoms with Crippen LogP contribution in [0.5, 0.6) is 0 Å². The van der Waals surface area contributed by atoms with Crippen LogP contribution in [0.15, 0.2) is 18.5 Å². The number of rotatable bonds is 9. The minimum atomic E-state index is -4.51. The van der Waals surface area contributed by atoms with Crippen LogP contribution in [0.1, 0.15) is 81.6 Å². The highest BCUT2D eigenvalue weighted by Gasteiger charge is 2.59. The standard InChI is InChI=1S/C27H31F8N5O2/c1-13(26(30,31)32)8-21(41)38-22(14-2-3-14)16-9-20-37-19(12-40(20)36-11-16)23(15-4-6-25(28,29)7-5-15)39-24(42)17-10-18(17)27(33,34)35/h9,11-15,17-18,22-23H,2-8,10H2,1H3,(H,38,41)(H,39,42)/t13-,17+,18+,22?,23-/m0/s1. The van der Waals surface area contributed by atoms with Crippen LogP contribution in [0.3, 0.4) is 0 Å². The van der Waals surface area contributed by atoms with Gasteiger partial charge in [0.05, 0.1) is 47.9 Å². The van der Waals surface area contributed by atoms with E-state index in [4.69, 9.17) is 0 Å². The summed E-state index contributed by atoms with van der Waals surface area (Å²) in [7, 11) is 0. The molecule has 0 spiro atoms. The van der Waals surface area contributed by atoms with Crippen molar-refractivity contribution >= 4 is 17.5 Å². The molecule has 2 aromatic rings. The number of alkyl halides is 8. The SMILES string of the molecule is C[C@@H](CC(=O)NC(c1cnn2cc([C@@H](NC(=O)[C@@H]3C[C@H]3C(F)(F)F)C3CCC(F)(F)CC3)nc2c1)C1CC1)C(F)(F)F. The molecule has 0 aromatic carbocycles. The van der Waals surface area contributed by atoms with E-state index in [2.05, 4.69) is 20.7 Å². The second-order valence-corrected chi connectivity index (χ2v) is 12.0. The van der Waals surface area contributed by atoms with Gasteiger partial charge in [-0.3, -0.25) is 9.59 Å². The van der Waals surface area contributed by atoms with Gasteiger partial charge < -0.3 is 10.6 Å². The predicted molar refractivity (Wildman–Crippen MR) is 132 cm³/mol. The lowest BCUT2D eigenvalue weighted by Crippen LogP contribution is -2.38. The number of imidazole rings is 1. The third kappa shape index (κ3) is 6.96. The summed E-state index contributed by atoms with van der Waals surface area (Å²) in [6, 6.07) is 0.0818. The molecular formula is C27H31F8N5O2. The van der Waals surface area contributed by atoms with Crippen molar-refractivity contribution in [1.29, 1.82) is 0 Å². The van der Waals surface area contributed by atoms with Crippen molar-refractivity contribution in [2.24, 2.45) is 29.6 Å². The van der Waals surface area contributed by atoms with Gasteiger partial charge in [-0.05, 0) is 55.6 Å². The Morgan fingerprint density at radius 2 is 1.67 bits per heavy atom. The largest absolute Gasteiger partial charge is 0.392 e. The molecular weight excluding hydrogens is 578 g/mol. The third-order valence-corrected chi connectivity index (χ3v) is 8.58. The molecule has 2 aromatic heterocycles. The molecule has 0 bridgehead atoms. The second-order valence-electron chi connectivity index (χ2n) is 12.0. The maximum atomic E-state index is 13.9. The van der Waals surface area contributed by atoms with Gasteiger partial charge in [0, 0.05) is 19.3 Å². The molecule has 2 amide bonds. The molecule has 15 heteroatoms. The lowest BCUT2D eigenvalue weighted by molar-refractivity contribution is -0.174. The lowest BCUT2D eigenvalue weighted by atomic mass is 9.81. The van der Waals surface area contributed by atoms with Crippen LogP contribution in [-0.2, 0) is 9.59 Å². The van der Waals surface area contributed by atoms with Gasteiger partial charge in [0.15, 0.2) is 5.65 Å². The lowest BCUT2D eigenvalue weighted by Gasteiger charge is -2.33. The van der Waals surface area contributed by atoms with E-state index in [1.54, 1.807) is 6.07 Å². The van der Waals surface area contributed by atoms with Gasteiger partial charge >= 0.3 is 12.4 Å². The summed E-state index contributed by atoms with van der Waals surface area (Å²) in [6.07, 6.45) is -6.44. The first-order chi connectivity index (χ1) is 19.5. The molecule has 1 unspecified atom stereocenters.